The number of amides is 3. The molecule has 1 N–H and O–H groups in total. The van der Waals surface area contributed by atoms with Crippen LogP contribution in [0.15, 0.2) is 18.2 Å². The number of cyclic esters (lactones) is 1. The van der Waals surface area contributed by atoms with Gasteiger partial charge in [0.25, 0.3) is 0 Å². The number of ether oxygens (including phenoxy) is 3. The van der Waals surface area contributed by atoms with E-state index in [1.165, 1.54) is 0 Å². The minimum absolute atomic E-state index is 0.0306. The first-order valence-corrected chi connectivity index (χ1v) is 9.38. The number of carbonyl (C=O) groups excluding carboxylic acids is 2. The largest absolute Gasteiger partial charge is 0.493 e. The molecule has 0 aromatic heterocycles. The Bertz CT molecular complexity index is 681. The van der Waals surface area contributed by atoms with Gasteiger partial charge in [-0.2, -0.15) is 0 Å². The average molecular weight is 377 g/mol. The Morgan fingerprint density at radius 3 is 2.96 bits per heavy atom. The third kappa shape index (κ3) is 4.56. The zero-order valence-electron chi connectivity index (χ0n) is 15.9. The van der Waals surface area contributed by atoms with Gasteiger partial charge in [-0.25, -0.2) is 9.59 Å². The molecule has 0 saturated carbocycles. The van der Waals surface area contributed by atoms with Gasteiger partial charge in [-0.15, -0.1) is 0 Å². The molecule has 1 atom stereocenters. The number of nitrogens with one attached hydrogen (secondary N) is 1. The maximum atomic E-state index is 12.4. The van der Waals surface area contributed by atoms with Crippen molar-refractivity contribution >= 4 is 12.1 Å². The minimum atomic E-state index is -0.277. The number of carbonyl (C=O) groups is 2. The molecule has 3 rings (SSSR count). The van der Waals surface area contributed by atoms with Crippen molar-refractivity contribution in [1.82, 2.24) is 15.1 Å². The van der Waals surface area contributed by atoms with E-state index in [1.54, 1.807) is 16.9 Å². The Balaban J connectivity index is 1.46. The van der Waals surface area contributed by atoms with Gasteiger partial charge in [0.1, 0.15) is 6.61 Å². The van der Waals surface area contributed by atoms with Crippen molar-refractivity contribution in [2.24, 2.45) is 0 Å². The number of hydrogen-bond acceptors (Lipinski definition) is 5. The number of nitrogens with zero attached hydrogens (tertiary/aromatic N) is 2. The number of benzene rings is 1. The second kappa shape index (κ2) is 8.83. The zero-order chi connectivity index (χ0) is 19.2. The lowest BCUT2D eigenvalue weighted by Gasteiger charge is -2.35. The monoisotopic (exact) mass is 377 g/mol. The topological polar surface area (TPSA) is 80.3 Å². The second-order valence-corrected chi connectivity index (χ2v) is 6.69. The van der Waals surface area contributed by atoms with Crippen molar-refractivity contribution in [3.63, 3.8) is 0 Å². The molecule has 1 unspecified atom stereocenters. The minimum Gasteiger partial charge on any atom is -0.493 e. The predicted octanol–water partition coefficient (Wildman–Crippen LogP) is 1.87. The molecule has 1 aromatic rings. The second-order valence-electron chi connectivity index (χ2n) is 6.69. The Kier molecular flexibility index (Phi) is 6.26. The molecule has 2 saturated heterocycles. The highest BCUT2D eigenvalue weighted by Gasteiger charge is 2.38. The summed E-state index contributed by atoms with van der Waals surface area (Å²) in [5.41, 5.74) is 1.07. The summed E-state index contributed by atoms with van der Waals surface area (Å²) in [6, 6.07) is 5.69. The van der Waals surface area contributed by atoms with Crippen LogP contribution >= 0.6 is 0 Å². The summed E-state index contributed by atoms with van der Waals surface area (Å²) in [6.45, 7) is 5.14. The number of rotatable bonds is 7. The van der Waals surface area contributed by atoms with E-state index in [1.807, 2.05) is 18.2 Å². The maximum absolute atomic E-state index is 12.4. The van der Waals surface area contributed by atoms with Gasteiger partial charge in [0.2, 0.25) is 0 Å². The number of methoxy groups -OCH3 is 1. The Hall–Kier alpha value is -2.64. The molecule has 148 valence electrons. The summed E-state index contributed by atoms with van der Waals surface area (Å²) in [6.07, 6.45) is 1.35. The number of hydrogen-bond donors (Lipinski definition) is 1. The lowest BCUT2D eigenvalue weighted by molar-refractivity contribution is 0.127. The fourth-order valence-corrected chi connectivity index (χ4v) is 3.30. The lowest BCUT2D eigenvalue weighted by atomic mass is 10.1. The van der Waals surface area contributed by atoms with E-state index in [0.717, 1.165) is 17.7 Å². The molecular formula is C19H27N3O5. The molecule has 1 aromatic carbocycles. The summed E-state index contributed by atoms with van der Waals surface area (Å²) in [7, 11) is 1.62. The fraction of sp³-hybridized carbons (Fsp3) is 0.579. The van der Waals surface area contributed by atoms with E-state index in [2.05, 4.69) is 12.2 Å². The number of fused-ring (bicyclic) bond motifs is 1. The van der Waals surface area contributed by atoms with Gasteiger partial charge in [0.05, 0.1) is 19.8 Å². The highest BCUT2D eigenvalue weighted by Crippen LogP contribution is 2.28. The molecule has 0 radical (unpaired) electrons. The standard InChI is InChI=1S/C19H27N3O5/c1-3-10-26-16-5-4-14(11-17(16)25-2)6-7-20-18(23)21-8-9-22-15(12-21)13-27-19(22)24/h4-5,11,15H,3,6-10,12-13H2,1-2H3,(H,20,23). The summed E-state index contributed by atoms with van der Waals surface area (Å²) in [5.74, 6) is 1.44. The number of urea groups is 1. The molecule has 2 fully saturated rings. The highest BCUT2D eigenvalue weighted by molar-refractivity contribution is 5.75. The van der Waals surface area contributed by atoms with E-state index in [0.29, 0.717) is 51.6 Å². The molecule has 8 heteroatoms. The molecule has 8 nitrogen and oxygen atoms in total. The fourth-order valence-electron chi connectivity index (χ4n) is 3.30. The van der Waals surface area contributed by atoms with Gasteiger partial charge >= 0.3 is 12.1 Å². The average Bonchev–Trinajstić information content (AvgIpc) is 3.07. The van der Waals surface area contributed by atoms with Crippen LogP contribution in [0, 0.1) is 0 Å². The first-order valence-electron chi connectivity index (χ1n) is 9.38. The highest BCUT2D eigenvalue weighted by atomic mass is 16.6. The smallest absolute Gasteiger partial charge is 0.410 e. The van der Waals surface area contributed by atoms with E-state index < -0.39 is 0 Å². The van der Waals surface area contributed by atoms with Crippen LogP contribution in [-0.4, -0.2) is 74.5 Å². The first kappa shape index (κ1) is 19.1. The molecule has 0 spiro atoms. The van der Waals surface area contributed by atoms with Crippen molar-refractivity contribution in [3.8, 4) is 11.5 Å². The third-order valence-electron chi connectivity index (χ3n) is 4.78. The predicted molar refractivity (Wildman–Crippen MR) is 99.3 cm³/mol. The van der Waals surface area contributed by atoms with Crippen LogP contribution in [0.4, 0.5) is 9.59 Å². The van der Waals surface area contributed by atoms with Crippen LogP contribution in [0.3, 0.4) is 0 Å². The molecule has 0 aliphatic carbocycles. The summed E-state index contributed by atoms with van der Waals surface area (Å²) in [4.78, 5) is 27.3. The van der Waals surface area contributed by atoms with Crippen molar-refractivity contribution in [2.75, 3.05) is 46.5 Å². The normalized spacial score (nSPS) is 18.7. The quantitative estimate of drug-likeness (QED) is 0.785. The first-order chi connectivity index (χ1) is 13.1. The van der Waals surface area contributed by atoms with Gasteiger partial charge in [0, 0.05) is 26.2 Å². The van der Waals surface area contributed by atoms with Crippen LogP contribution < -0.4 is 14.8 Å². The molecule has 2 heterocycles. The SMILES string of the molecule is CCCOc1ccc(CCNC(=O)N2CCN3C(=O)OCC3C2)cc1OC. The molecular weight excluding hydrogens is 350 g/mol. The summed E-state index contributed by atoms with van der Waals surface area (Å²) >= 11 is 0. The van der Waals surface area contributed by atoms with Gasteiger partial charge in [0.15, 0.2) is 11.5 Å². The maximum Gasteiger partial charge on any atom is 0.410 e. The van der Waals surface area contributed by atoms with E-state index in [4.69, 9.17) is 14.2 Å². The Morgan fingerprint density at radius 2 is 2.19 bits per heavy atom. The van der Waals surface area contributed by atoms with Crippen LogP contribution in [-0.2, 0) is 11.2 Å². The van der Waals surface area contributed by atoms with Crippen LogP contribution in [0.5, 0.6) is 11.5 Å². The van der Waals surface area contributed by atoms with Gasteiger partial charge < -0.3 is 24.4 Å². The molecule has 3 amide bonds. The zero-order valence-corrected chi connectivity index (χ0v) is 15.9. The summed E-state index contributed by atoms with van der Waals surface area (Å²) < 4.78 is 16.1. The Labute approximate surface area is 159 Å². The van der Waals surface area contributed by atoms with Crippen molar-refractivity contribution in [3.05, 3.63) is 23.8 Å². The molecule has 27 heavy (non-hydrogen) atoms. The van der Waals surface area contributed by atoms with Crippen molar-refractivity contribution < 1.29 is 23.8 Å². The van der Waals surface area contributed by atoms with E-state index in [-0.39, 0.29) is 18.2 Å². The molecule has 0 bridgehead atoms. The van der Waals surface area contributed by atoms with Crippen LogP contribution in [0.2, 0.25) is 0 Å². The molecule has 2 aliphatic rings. The third-order valence-corrected chi connectivity index (χ3v) is 4.78. The van der Waals surface area contributed by atoms with Crippen LogP contribution in [0.25, 0.3) is 0 Å². The van der Waals surface area contributed by atoms with Gasteiger partial charge in [-0.1, -0.05) is 13.0 Å². The van der Waals surface area contributed by atoms with E-state index >= 15 is 0 Å². The summed E-state index contributed by atoms with van der Waals surface area (Å²) in [5, 5.41) is 2.95. The van der Waals surface area contributed by atoms with Gasteiger partial charge in [-0.3, -0.25) is 4.90 Å². The number of piperazine rings is 1. The van der Waals surface area contributed by atoms with Crippen LogP contribution in [0.1, 0.15) is 18.9 Å². The Morgan fingerprint density at radius 1 is 1.33 bits per heavy atom. The van der Waals surface area contributed by atoms with Gasteiger partial charge in [-0.05, 0) is 30.5 Å². The molecule has 2 aliphatic heterocycles. The lowest BCUT2D eigenvalue weighted by Crippen LogP contribution is -2.56. The van der Waals surface area contributed by atoms with Crippen molar-refractivity contribution in [2.45, 2.75) is 25.8 Å². The van der Waals surface area contributed by atoms with Crippen molar-refractivity contribution in [1.29, 1.82) is 0 Å². The van der Waals surface area contributed by atoms with E-state index in [9.17, 15) is 9.59 Å².